The molecule has 1 N–H and O–H groups in total. The van der Waals surface area contributed by atoms with E-state index >= 15 is 0 Å². The van der Waals surface area contributed by atoms with Crippen molar-refractivity contribution in [2.75, 3.05) is 20.4 Å². The fourth-order valence-corrected chi connectivity index (χ4v) is 3.59. The van der Waals surface area contributed by atoms with E-state index in [1.807, 2.05) is 11.8 Å². The molecule has 1 atom stereocenters. The van der Waals surface area contributed by atoms with E-state index in [1.165, 1.54) is 40.8 Å². The zero-order chi connectivity index (χ0) is 12.7. The number of nitrogens with zero attached hydrogens (tertiary/aromatic N) is 1. The van der Waals surface area contributed by atoms with E-state index in [1.54, 1.807) is 5.56 Å². The zero-order valence-electron chi connectivity index (χ0n) is 11.3. The third-order valence-corrected chi connectivity index (χ3v) is 4.89. The van der Waals surface area contributed by atoms with E-state index in [-0.39, 0.29) is 0 Å². The van der Waals surface area contributed by atoms with Crippen LogP contribution in [0, 0.1) is 0 Å². The van der Waals surface area contributed by atoms with Crippen LogP contribution in [0.4, 0.5) is 0 Å². The molecular formula is C15H20N2S. The van der Waals surface area contributed by atoms with Gasteiger partial charge in [-0.15, -0.1) is 11.8 Å². The molecule has 1 aliphatic rings. The average molecular weight is 260 g/mol. The first-order valence-corrected chi connectivity index (χ1v) is 7.76. The molecule has 2 aromatic rings. The number of aryl methyl sites for hydroxylation is 1. The second-order valence-corrected chi connectivity index (χ2v) is 6.17. The normalized spacial score (nSPS) is 19.4. The molecule has 0 amide bonds. The molecule has 0 saturated carbocycles. The Morgan fingerprint density at radius 1 is 1.33 bits per heavy atom. The van der Waals surface area contributed by atoms with Crippen molar-refractivity contribution in [3.63, 3.8) is 0 Å². The molecule has 0 spiro atoms. The minimum atomic E-state index is 0.689. The first-order valence-electron chi connectivity index (χ1n) is 6.53. The van der Waals surface area contributed by atoms with Crippen LogP contribution in [0.1, 0.15) is 17.7 Å². The molecule has 1 aliphatic carbocycles. The van der Waals surface area contributed by atoms with E-state index in [4.69, 9.17) is 0 Å². The number of fused-ring (bicyclic) bond motifs is 3. The lowest BCUT2D eigenvalue weighted by Gasteiger charge is -2.28. The van der Waals surface area contributed by atoms with Gasteiger partial charge < -0.3 is 9.88 Å². The van der Waals surface area contributed by atoms with E-state index < -0.39 is 0 Å². The van der Waals surface area contributed by atoms with Crippen LogP contribution >= 0.6 is 11.8 Å². The van der Waals surface area contributed by atoms with Crippen LogP contribution in [-0.4, -0.2) is 36.3 Å². The van der Waals surface area contributed by atoms with Crippen molar-refractivity contribution in [2.24, 2.45) is 0 Å². The molecule has 0 radical (unpaired) electrons. The Morgan fingerprint density at radius 2 is 2.17 bits per heavy atom. The third kappa shape index (κ3) is 1.86. The summed E-state index contributed by atoms with van der Waals surface area (Å²) in [5.74, 6) is 0. The molecule has 1 heterocycles. The van der Waals surface area contributed by atoms with Crippen molar-refractivity contribution in [3.8, 4) is 0 Å². The number of likely N-dealkylation sites (N-methyl/N-ethyl adjacent to an activating group) is 1. The molecule has 2 nitrogen and oxygen atoms in total. The second-order valence-electron chi connectivity index (χ2n) is 5.33. The second kappa shape index (κ2) is 4.63. The van der Waals surface area contributed by atoms with Gasteiger partial charge in [0.05, 0.1) is 5.52 Å². The van der Waals surface area contributed by atoms with Crippen molar-refractivity contribution >= 4 is 22.7 Å². The van der Waals surface area contributed by atoms with Crippen LogP contribution in [0.5, 0.6) is 0 Å². The van der Waals surface area contributed by atoms with E-state index in [0.717, 1.165) is 0 Å². The van der Waals surface area contributed by atoms with Crippen LogP contribution in [-0.2, 0) is 12.8 Å². The van der Waals surface area contributed by atoms with E-state index in [9.17, 15) is 0 Å². The van der Waals surface area contributed by atoms with Gasteiger partial charge in [-0.2, -0.15) is 0 Å². The van der Waals surface area contributed by atoms with Gasteiger partial charge in [0.25, 0.3) is 0 Å². The number of para-hydroxylation sites is 1. The smallest absolute Gasteiger partial charge is 0.0596 e. The fraction of sp³-hybridized carbons (Fsp3) is 0.467. The van der Waals surface area contributed by atoms with Gasteiger partial charge in [-0.3, -0.25) is 0 Å². The number of hydrogen-bond donors (Lipinski definition) is 1. The van der Waals surface area contributed by atoms with Crippen LogP contribution in [0.2, 0.25) is 0 Å². The molecule has 0 saturated heterocycles. The Balaban J connectivity index is 2.11. The summed E-state index contributed by atoms with van der Waals surface area (Å²) in [7, 11) is 4.38. The first kappa shape index (κ1) is 12.1. The summed E-state index contributed by atoms with van der Waals surface area (Å²) < 4.78 is 0. The Bertz CT molecular complexity index is 571. The zero-order valence-corrected chi connectivity index (χ0v) is 12.1. The van der Waals surface area contributed by atoms with Gasteiger partial charge in [-0.05, 0) is 51.2 Å². The Morgan fingerprint density at radius 3 is 2.89 bits per heavy atom. The average Bonchev–Trinajstić information content (AvgIpc) is 2.76. The van der Waals surface area contributed by atoms with Crippen LogP contribution < -0.4 is 0 Å². The molecule has 0 fully saturated rings. The predicted octanol–water partition coefficient (Wildman–Crippen LogP) is 3.31. The number of H-pyrrole nitrogens is 1. The van der Waals surface area contributed by atoms with Gasteiger partial charge in [0.2, 0.25) is 0 Å². The molecule has 1 aromatic carbocycles. The summed E-state index contributed by atoms with van der Waals surface area (Å²) in [6, 6.07) is 7.34. The largest absolute Gasteiger partial charge is 0.357 e. The lowest BCUT2D eigenvalue weighted by atomic mass is 9.91. The van der Waals surface area contributed by atoms with Gasteiger partial charge >= 0.3 is 0 Å². The fourth-order valence-electron chi connectivity index (χ4n) is 3.01. The predicted molar refractivity (Wildman–Crippen MR) is 79.6 cm³/mol. The van der Waals surface area contributed by atoms with Crippen LogP contribution in [0.25, 0.3) is 10.9 Å². The van der Waals surface area contributed by atoms with Crippen molar-refractivity contribution in [1.29, 1.82) is 0 Å². The number of nitrogens with one attached hydrogen (secondary N) is 1. The molecule has 96 valence electrons. The summed E-state index contributed by atoms with van der Waals surface area (Å²) in [4.78, 5) is 7.38. The molecule has 1 aromatic heterocycles. The monoisotopic (exact) mass is 260 g/mol. The van der Waals surface area contributed by atoms with Crippen molar-refractivity contribution in [2.45, 2.75) is 30.2 Å². The number of aromatic amines is 1. The number of aromatic nitrogens is 1. The molecule has 3 rings (SSSR count). The maximum absolute atomic E-state index is 3.66. The number of rotatable bonds is 2. The SMILES string of the molecule is CSc1cccc2c3c([nH]c12)CC[C@H](N(C)C)C3. The third-order valence-electron chi connectivity index (χ3n) is 4.11. The molecule has 3 heteroatoms. The Labute approximate surface area is 113 Å². The van der Waals surface area contributed by atoms with Gasteiger partial charge in [-0.1, -0.05) is 12.1 Å². The maximum atomic E-state index is 3.66. The summed E-state index contributed by atoms with van der Waals surface area (Å²) in [5.41, 5.74) is 4.35. The number of thioether (sulfide) groups is 1. The Hall–Kier alpha value is -0.930. The molecule has 18 heavy (non-hydrogen) atoms. The molecule has 0 unspecified atom stereocenters. The van der Waals surface area contributed by atoms with Gasteiger partial charge in [-0.25, -0.2) is 0 Å². The van der Waals surface area contributed by atoms with Crippen LogP contribution in [0.3, 0.4) is 0 Å². The Kier molecular flexibility index (Phi) is 3.12. The number of benzene rings is 1. The van der Waals surface area contributed by atoms with E-state index in [0.29, 0.717) is 6.04 Å². The summed E-state index contributed by atoms with van der Waals surface area (Å²) in [6.45, 7) is 0. The minimum absolute atomic E-state index is 0.689. The first-order chi connectivity index (χ1) is 8.70. The quantitative estimate of drug-likeness (QED) is 0.835. The molecule has 0 aliphatic heterocycles. The highest BCUT2D eigenvalue weighted by Crippen LogP contribution is 2.34. The standard InChI is InChI=1S/C15H20N2S/c1-17(2)10-7-8-13-12(9-10)11-5-4-6-14(18-3)15(11)16-13/h4-6,10,16H,7-9H2,1-3H3/t10-/m0/s1. The summed E-state index contributed by atoms with van der Waals surface area (Å²) >= 11 is 1.83. The van der Waals surface area contributed by atoms with Crippen molar-refractivity contribution in [3.05, 3.63) is 29.5 Å². The van der Waals surface area contributed by atoms with Crippen LogP contribution in [0.15, 0.2) is 23.1 Å². The summed E-state index contributed by atoms with van der Waals surface area (Å²) in [5, 5.41) is 1.43. The minimum Gasteiger partial charge on any atom is -0.357 e. The van der Waals surface area contributed by atoms with Gasteiger partial charge in [0.1, 0.15) is 0 Å². The topological polar surface area (TPSA) is 19.0 Å². The number of hydrogen-bond acceptors (Lipinski definition) is 2. The maximum Gasteiger partial charge on any atom is 0.0596 e. The summed E-state index contributed by atoms with van der Waals surface area (Å²) in [6.07, 6.45) is 5.78. The highest BCUT2D eigenvalue weighted by molar-refractivity contribution is 7.98. The molecular weight excluding hydrogens is 240 g/mol. The van der Waals surface area contributed by atoms with Gasteiger partial charge in [0, 0.05) is 22.0 Å². The lowest BCUT2D eigenvalue weighted by molar-refractivity contribution is 0.268. The molecule has 0 bridgehead atoms. The van der Waals surface area contributed by atoms with Gasteiger partial charge in [0.15, 0.2) is 0 Å². The highest BCUT2D eigenvalue weighted by atomic mass is 32.2. The van der Waals surface area contributed by atoms with E-state index in [2.05, 4.69) is 48.4 Å². The lowest BCUT2D eigenvalue weighted by Crippen LogP contribution is -2.33. The van der Waals surface area contributed by atoms with Crippen molar-refractivity contribution in [1.82, 2.24) is 9.88 Å². The highest BCUT2D eigenvalue weighted by Gasteiger charge is 2.24. The van der Waals surface area contributed by atoms with Crippen molar-refractivity contribution < 1.29 is 0 Å².